The number of halogens is 1. The summed E-state index contributed by atoms with van der Waals surface area (Å²) in [6, 6.07) is 5.85. The lowest BCUT2D eigenvalue weighted by Crippen LogP contribution is -1.97. The molecule has 2 N–H and O–H groups in total. The first-order chi connectivity index (χ1) is 7.26. The van der Waals surface area contributed by atoms with Crippen molar-refractivity contribution in [2.45, 2.75) is 11.4 Å². The van der Waals surface area contributed by atoms with Crippen LogP contribution in [-0.4, -0.2) is 17.5 Å². The second kappa shape index (κ2) is 4.14. The molecule has 0 unspecified atom stereocenters. The first-order valence-electron chi connectivity index (χ1n) is 4.74. The third kappa shape index (κ3) is 1.81. The topological polar surface area (TPSA) is 30.9 Å². The zero-order chi connectivity index (χ0) is 10.8. The van der Waals surface area contributed by atoms with Crippen LogP contribution in [-0.2, 0) is 6.54 Å². The molecular weight excluding hydrogens is 211 g/mol. The van der Waals surface area contributed by atoms with Crippen molar-refractivity contribution in [3.05, 3.63) is 24.4 Å². The van der Waals surface area contributed by atoms with E-state index in [9.17, 15) is 4.39 Å². The van der Waals surface area contributed by atoms with E-state index in [-0.39, 0.29) is 6.67 Å². The summed E-state index contributed by atoms with van der Waals surface area (Å²) in [6.45, 7) is 0.0357. The highest BCUT2D eigenvalue weighted by atomic mass is 32.2. The second-order valence-corrected chi connectivity index (χ2v) is 4.20. The fraction of sp³-hybridized carbons (Fsp3) is 0.273. The molecule has 2 nitrogen and oxygen atoms in total. The number of hydrogen-bond acceptors (Lipinski definition) is 2. The lowest BCUT2D eigenvalue weighted by atomic mass is 10.2. The van der Waals surface area contributed by atoms with Gasteiger partial charge in [-0.15, -0.1) is 11.8 Å². The quantitative estimate of drug-likeness (QED) is 0.642. The van der Waals surface area contributed by atoms with Gasteiger partial charge in [0.2, 0.25) is 0 Å². The summed E-state index contributed by atoms with van der Waals surface area (Å²) < 4.78 is 14.2. The Morgan fingerprint density at radius 3 is 2.93 bits per heavy atom. The second-order valence-electron chi connectivity index (χ2n) is 3.35. The van der Waals surface area contributed by atoms with E-state index >= 15 is 0 Å². The van der Waals surface area contributed by atoms with Crippen LogP contribution in [0, 0.1) is 0 Å². The maximum atomic E-state index is 12.3. The molecule has 0 aliphatic heterocycles. The van der Waals surface area contributed by atoms with E-state index in [1.165, 1.54) is 0 Å². The van der Waals surface area contributed by atoms with Crippen molar-refractivity contribution in [2.75, 3.05) is 18.7 Å². The average Bonchev–Trinajstić information content (AvgIpc) is 2.61. The fourth-order valence-electron chi connectivity index (χ4n) is 1.74. The van der Waals surface area contributed by atoms with Crippen LogP contribution in [0.2, 0.25) is 0 Å². The van der Waals surface area contributed by atoms with Gasteiger partial charge in [0, 0.05) is 22.2 Å². The summed E-state index contributed by atoms with van der Waals surface area (Å²) in [5.41, 5.74) is 7.54. The highest BCUT2D eigenvalue weighted by molar-refractivity contribution is 7.98. The van der Waals surface area contributed by atoms with Gasteiger partial charge in [-0.25, -0.2) is 4.39 Å². The van der Waals surface area contributed by atoms with Crippen LogP contribution in [0.4, 0.5) is 10.1 Å². The number of benzene rings is 1. The van der Waals surface area contributed by atoms with Gasteiger partial charge in [-0.05, 0) is 24.5 Å². The third-order valence-electron chi connectivity index (χ3n) is 2.42. The number of nitrogens with two attached hydrogens (primary N) is 1. The SMILES string of the molecule is CSc1cc(N)cc2c1ccn2CCF. The Hall–Kier alpha value is -1.16. The van der Waals surface area contributed by atoms with Crippen molar-refractivity contribution in [3.8, 4) is 0 Å². The Balaban J connectivity index is 2.64. The third-order valence-corrected chi connectivity index (χ3v) is 3.20. The van der Waals surface area contributed by atoms with Crippen molar-refractivity contribution < 1.29 is 4.39 Å². The van der Waals surface area contributed by atoms with Crippen LogP contribution in [0.25, 0.3) is 10.9 Å². The van der Waals surface area contributed by atoms with Gasteiger partial charge in [0.25, 0.3) is 0 Å². The summed E-state index contributed by atoms with van der Waals surface area (Å²) >= 11 is 1.66. The number of hydrogen-bond donors (Lipinski definition) is 1. The number of aromatic nitrogens is 1. The minimum Gasteiger partial charge on any atom is -0.399 e. The fourth-order valence-corrected chi connectivity index (χ4v) is 2.38. The zero-order valence-corrected chi connectivity index (χ0v) is 9.35. The van der Waals surface area contributed by atoms with Crippen LogP contribution >= 0.6 is 11.8 Å². The maximum absolute atomic E-state index is 12.3. The Morgan fingerprint density at radius 1 is 1.47 bits per heavy atom. The van der Waals surface area contributed by atoms with Gasteiger partial charge in [-0.1, -0.05) is 0 Å². The van der Waals surface area contributed by atoms with E-state index in [1.807, 2.05) is 35.2 Å². The molecule has 1 aromatic carbocycles. The van der Waals surface area contributed by atoms with Crippen LogP contribution < -0.4 is 5.73 Å². The summed E-state index contributed by atoms with van der Waals surface area (Å²) in [6.07, 6.45) is 3.92. The molecule has 0 amide bonds. The largest absolute Gasteiger partial charge is 0.399 e. The number of nitrogen functional groups attached to an aromatic ring is 1. The molecule has 1 heterocycles. The lowest BCUT2D eigenvalue weighted by molar-refractivity contribution is 0.451. The minimum atomic E-state index is -0.354. The molecule has 1 aromatic heterocycles. The van der Waals surface area contributed by atoms with Crippen LogP contribution in [0.15, 0.2) is 29.3 Å². The number of nitrogens with zero attached hydrogens (tertiary/aromatic N) is 1. The summed E-state index contributed by atoms with van der Waals surface area (Å²) in [4.78, 5) is 1.14. The Labute approximate surface area is 92.3 Å². The maximum Gasteiger partial charge on any atom is 0.107 e. The average molecular weight is 224 g/mol. The van der Waals surface area contributed by atoms with Crippen LogP contribution in [0.5, 0.6) is 0 Å². The van der Waals surface area contributed by atoms with Crippen molar-refractivity contribution in [2.24, 2.45) is 0 Å². The molecule has 0 aliphatic rings. The van der Waals surface area contributed by atoms with Crippen molar-refractivity contribution >= 4 is 28.4 Å². The Morgan fingerprint density at radius 2 is 2.27 bits per heavy atom. The molecule has 80 valence electrons. The zero-order valence-electron chi connectivity index (χ0n) is 8.53. The Kier molecular flexibility index (Phi) is 2.86. The van der Waals surface area contributed by atoms with E-state index in [0.717, 1.165) is 21.5 Å². The van der Waals surface area contributed by atoms with Gasteiger partial charge >= 0.3 is 0 Å². The number of rotatable bonds is 3. The minimum absolute atomic E-state index is 0.354. The van der Waals surface area contributed by atoms with Gasteiger partial charge in [-0.2, -0.15) is 0 Å². The molecule has 0 spiro atoms. The van der Waals surface area contributed by atoms with Gasteiger partial charge < -0.3 is 10.3 Å². The number of fused-ring (bicyclic) bond motifs is 1. The summed E-state index contributed by atoms with van der Waals surface area (Å²) in [5, 5.41) is 1.14. The molecule has 0 saturated heterocycles. The monoisotopic (exact) mass is 224 g/mol. The van der Waals surface area contributed by atoms with Crippen molar-refractivity contribution in [1.29, 1.82) is 0 Å². The van der Waals surface area contributed by atoms with E-state index in [2.05, 4.69) is 0 Å². The summed E-state index contributed by atoms with van der Waals surface area (Å²) in [5.74, 6) is 0. The van der Waals surface area contributed by atoms with E-state index in [4.69, 9.17) is 5.73 Å². The van der Waals surface area contributed by atoms with Gasteiger partial charge in [-0.3, -0.25) is 0 Å². The van der Waals surface area contributed by atoms with E-state index in [0.29, 0.717) is 6.54 Å². The molecule has 0 atom stereocenters. The Bertz CT molecular complexity index is 479. The smallest absolute Gasteiger partial charge is 0.107 e. The highest BCUT2D eigenvalue weighted by Gasteiger charge is 2.06. The first kappa shape index (κ1) is 10.4. The van der Waals surface area contributed by atoms with E-state index in [1.54, 1.807) is 11.8 Å². The molecular formula is C11H13FN2S. The van der Waals surface area contributed by atoms with Crippen LogP contribution in [0.3, 0.4) is 0 Å². The molecule has 2 rings (SSSR count). The predicted octanol–water partition coefficient (Wildman–Crippen LogP) is 2.91. The van der Waals surface area contributed by atoms with Crippen molar-refractivity contribution in [3.63, 3.8) is 0 Å². The van der Waals surface area contributed by atoms with Gasteiger partial charge in [0.1, 0.15) is 6.67 Å². The van der Waals surface area contributed by atoms with Gasteiger partial charge in [0.05, 0.1) is 12.1 Å². The summed E-state index contributed by atoms with van der Waals surface area (Å²) in [7, 11) is 0. The van der Waals surface area contributed by atoms with E-state index < -0.39 is 0 Å². The van der Waals surface area contributed by atoms with Crippen molar-refractivity contribution in [1.82, 2.24) is 4.57 Å². The first-order valence-corrected chi connectivity index (χ1v) is 5.97. The number of thioether (sulfide) groups is 1. The number of alkyl halides is 1. The molecule has 0 fully saturated rings. The standard InChI is InChI=1S/C11H13FN2S/c1-15-11-7-8(13)6-10-9(11)2-4-14(10)5-3-12/h2,4,6-7H,3,5,13H2,1H3. The molecule has 0 bridgehead atoms. The molecule has 0 saturated carbocycles. The number of aryl methyl sites for hydroxylation is 1. The van der Waals surface area contributed by atoms with Gasteiger partial charge in [0.15, 0.2) is 0 Å². The lowest BCUT2D eigenvalue weighted by Gasteiger charge is -2.05. The molecule has 4 heteroatoms. The van der Waals surface area contributed by atoms with Crippen LogP contribution in [0.1, 0.15) is 0 Å². The molecule has 15 heavy (non-hydrogen) atoms. The normalized spacial score (nSPS) is 11.1. The molecule has 2 aromatic rings. The molecule has 0 aliphatic carbocycles. The molecule has 0 radical (unpaired) electrons. The highest BCUT2D eigenvalue weighted by Crippen LogP contribution is 2.29. The number of anilines is 1. The predicted molar refractivity (Wildman–Crippen MR) is 64.1 cm³/mol.